The van der Waals surface area contributed by atoms with Gasteiger partial charge in [-0.15, -0.1) is 0 Å². The number of ether oxygens (including phenoxy) is 1. The molecule has 130 valence electrons. The molecule has 2 heterocycles. The molecule has 0 aliphatic carbocycles. The molecular weight excluding hydrogens is 310 g/mol. The number of rotatable bonds is 5. The van der Waals surface area contributed by atoms with E-state index in [0.717, 1.165) is 39.8 Å². The highest BCUT2D eigenvalue weighted by Gasteiger charge is 2.17. The van der Waals surface area contributed by atoms with Crippen molar-refractivity contribution in [1.82, 2.24) is 4.40 Å². The molecule has 0 aliphatic heterocycles. The van der Waals surface area contributed by atoms with Crippen molar-refractivity contribution in [2.24, 2.45) is 0 Å². The Hall–Kier alpha value is -2.55. The fraction of sp³-hybridized carbons (Fsp3) is 0.318. The van der Waals surface area contributed by atoms with Gasteiger partial charge in [0, 0.05) is 17.3 Å². The first-order chi connectivity index (χ1) is 12.0. The zero-order chi connectivity index (χ0) is 18.1. The summed E-state index contributed by atoms with van der Waals surface area (Å²) in [5, 5.41) is 0. The fourth-order valence-corrected chi connectivity index (χ4v) is 3.35. The quantitative estimate of drug-likeness (QED) is 0.572. The summed E-state index contributed by atoms with van der Waals surface area (Å²) in [5.41, 5.74) is 7.21. The maximum Gasteiger partial charge on any atom is 0.167 e. The van der Waals surface area contributed by atoms with Gasteiger partial charge in [-0.2, -0.15) is 0 Å². The minimum Gasteiger partial charge on any atom is -0.494 e. The van der Waals surface area contributed by atoms with Gasteiger partial charge in [0.15, 0.2) is 6.29 Å². The molecule has 3 aromatic rings. The zero-order valence-electron chi connectivity index (χ0n) is 15.6. The lowest BCUT2D eigenvalue weighted by atomic mass is 9.93. The van der Waals surface area contributed by atoms with E-state index in [1.54, 1.807) is 0 Å². The summed E-state index contributed by atoms with van der Waals surface area (Å²) in [7, 11) is 0. The smallest absolute Gasteiger partial charge is 0.167 e. The van der Waals surface area contributed by atoms with Crippen molar-refractivity contribution in [3.8, 4) is 16.9 Å². The summed E-state index contributed by atoms with van der Waals surface area (Å²) in [6.45, 7) is 11.1. The van der Waals surface area contributed by atoms with Crippen LogP contribution in [-0.2, 0) is 0 Å². The molecule has 3 rings (SSSR count). The maximum absolute atomic E-state index is 11.8. The van der Waals surface area contributed by atoms with Gasteiger partial charge in [-0.25, -0.2) is 0 Å². The summed E-state index contributed by atoms with van der Waals surface area (Å²) in [6, 6.07) is 10.5. The molecule has 0 atom stereocenters. The van der Waals surface area contributed by atoms with E-state index in [4.69, 9.17) is 4.74 Å². The fourth-order valence-electron chi connectivity index (χ4n) is 3.35. The van der Waals surface area contributed by atoms with Crippen LogP contribution in [0.4, 0.5) is 0 Å². The first-order valence-electron chi connectivity index (χ1n) is 8.80. The summed E-state index contributed by atoms with van der Waals surface area (Å²) < 4.78 is 7.80. The van der Waals surface area contributed by atoms with Crippen LogP contribution in [0, 0.1) is 13.8 Å². The zero-order valence-corrected chi connectivity index (χ0v) is 15.6. The second-order valence-electron chi connectivity index (χ2n) is 6.86. The number of nitrogens with zero attached hydrogens (tertiary/aromatic N) is 1. The number of aromatic nitrogens is 1. The highest BCUT2D eigenvalue weighted by Crippen LogP contribution is 2.36. The molecule has 0 unspecified atom stereocenters. The van der Waals surface area contributed by atoms with E-state index in [-0.39, 0.29) is 0 Å². The lowest BCUT2D eigenvalue weighted by Crippen LogP contribution is -2.01. The van der Waals surface area contributed by atoms with Crippen molar-refractivity contribution in [3.05, 3.63) is 58.9 Å². The number of pyridine rings is 1. The number of hydrogen-bond donors (Lipinski definition) is 0. The number of carbonyl (C=O) groups excluding carboxylic acids is 1. The Morgan fingerprint density at radius 2 is 1.88 bits per heavy atom. The summed E-state index contributed by atoms with van der Waals surface area (Å²) >= 11 is 0. The monoisotopic (exact) mass is 335 g/mol. The van der Waals surface area contributed by atoms with Gasteiger partial charge < -0.3 is 9.14 Å². The Bertz CT molecular complexity index is 935. The predicted molar refractivity (Wildman–Crippen MR) is 103 cm³/mol. The molecule has 0 saturated heterocycles. The highest BCUT2D eigenvalue weighted by molar-refractivity contribution is 5.91. The van der Waals surface area contributed by atoms with E-state index in [1.165, 1.54) is 5.56 Å². The van der Waals surface area contributed by atoms with Crippen molar-refractivity contribution in [2.45, 2.75) is 40.5 Å². The highest BCUT2D eigenvalue weighted by atomic mass is 16.5. The van der Waals surface area contributed by atoms with E-state index >= 15 is 0 Å². The summed E-state index contributed by atoms with van der Waals surface area (Å²) in [4.78, 5) is 11.8. The van der Waals surface area contributed by atoms with Crippen molar-refractivity contribution in [1.29, 1.82) is 0 Å². The van der Waals surface area contributed by atoms with Crippen LogP contribution in [-0.4, -0.2) is 17.3 Å². The number of aldehydes is 1. The third-order valence-electron chi connectivity index (χ3n) is 4.64. The molecule has 0 bridgehead atoms. The average Bonchev–Trinajstić information content (AvgIpc) is 2.92. The van der Waals surface area contributed by atoms with Gasteiger partial charge in [-0.05, 0) is 73.2 Å². The molecule has 1 aromatic carbocycles. The molecule has 2 aromatic heterocycles. The lowest BCUT2D eigenvalue weighted by Gasteiger charge is -2.17. The van der Waals surface area contributed by atoms with Crippen molar-refractivity contribution in [2.75, 3.05) is 6.61 Å². The second-order valence-corrected chi connectivity index (χ2v) is 6.86. The number of carbonyl (C=O) groups is 1. The van der Waals surface area contributed by atoms with Gasteiger partial charge in [0.1, 0.15) is 5.75 Å². The summed E-state index contributed by atoms with van der Waals surface area (Å²) in [6.07, 6.45) is 2.96. The van der Waals surface area contributed by atoms with Crippen molar-refractivity contribution < 1.29 is 9.53 Å². The molecule has 0 fully saturated rings. The average molecular weight is 335 g/mol. The second kappa shape index (κ2) is 6.75. The van der Waals surface area contributed by atoms with Crippen LogP contribution in [0.25, 0.3) is 16.6 Å². The number of fused-ring (bicyclic) bond motifs is 1. The van der Waals surface area contributed by atoms with Gasteiger partial charge in [-0.3, -0.25) is 4.79 Å². The van der Waals surface area contributed by atoms with Gasteiger partial charge in [-0.1, -0.05) is 19.9 Å². The molecule has 3 heteroatoms. The van der Waals surface area contributed by atoms with Gasteiger partial charge in [0.25, 0.3) is 0 Å². The molecule has 0 N–H and O–H groups in total. The van der Waals surface area contributed by atoms with Crippen LogP contribution in [0.5, 0.6) is 5.75 Å². The Kier molecular flexibility index (Phi) is 4.67. The SMILES string of the molecule is CCOc1cc(C)c(-c2cc3ccc(C)cn3c2C=O)cc1C(C)C. The number of aryl methyl sites for hydroxylation is 2. The minimum absolute atomic E-state index is 0.347. The van der Waals surface area contributed by atoms with Crippen LogP contribution >= 0.6 is 0 Å². The van der Waals surface area contributed by atoms with Crippen LogP contribution in [0.15, 0.2) is 36.5 Å². The number of benzene rings is 1. The molecular formula is C22H25NO2. The molecule has 0 aliphatic rings. The molecule has 3 nitrogen and oxygen atoms in total. The third kappa shape index (κ3) is 3.07. The lowest BCUT2D eigenvalue weighted by molar-refractivity contribution is 0.111. The molecule has 0 amide bonds. The minimum atomic E-state index is 0.347. The van der Waals surface area contributed by atoms with Crippen LogP contribution in [0.3, 0.4) is 0 Å². The topological polar surface area (TPSA) is 30.7 Å². The van der Waals surface area contributed by atoms with E-state index in [9.17, 15) is 4.79 Å². The Labute approximate surface area is 149 Å². The normalized spacial score (nSPS) is 11.3. The molecule has 0 radical (unpaired) electrons. The van der Waals surface area contributed by atoms with Crippen molar-refractivity contribution in [3.63, 3.8) is 0 Å². The first-order valence-corrected chi connectivity index (χ1v) is 8.80. The maximum atomic E-state index is 11.8. The largest absolute Gasteiger partial charge is 0.494 e. The van der Waals surface area contributed by atoms with Crippen LogP contribution in [0.1, 0.15) is 53.9 Å². The summed E-state index contributed by atoms with van der Waals surface area (Å²) in [5.74, 6) is 1.28. The van der Waals surface area contributed by atoms with E-state index in [0.29, 0.717) is 18.2 Å². The molecule has 25 heavy (non-hydrogen) atoms. The Morgan fingerprint density at radius 3 is 2.52 bits per heavy atom. The van der Waals surface area contributed by atoms with Gasteiger partial charge in [0.05, 0.1) is 12.3 Å². The van der Waals surface area contributed by atoms with Crippen LogP contribution in [0.2, 0.25) is 0 Å². The number of hydrogen-bond acceptors (Lipinski definition) is 2. The van der Waals surface area contributed by atoms with Gasteiger partial charge in [0.2, 0.25) is 0 Å². The third-order valence-corrected chi connectivity index (χ3v) is 4.64. The Balaban J connectivity index is 2.27. The van der Waals surface area contributed by atoms with Gasteiger partial charge >= 0.3 is 0 Å². The van der Waals surface area contributed by atoms with E-state index in [1.807, 2.05) is 24.4 Å². The van der Waals surface area contributed by atoms with E-state index in [2.05, 4.69) is 51.1 Å². The standard InChI is InChI=1S/C22H25NO2/c1-6-25-22-9-16(5)19(11-18(22)14(2)3)20-10-17-8-7-15(4)12-23(17)21(20)13-24/h7-14H,6H2,1-5H3. The predicted octanol–water partition coefficient (Wildman–Crippen LogP) is 5.56. The van der Waals surface area contributed by atoms with E-state index < -0.39 is 0 Å². The molecule has 0 spiro atoms. The van der Waals surface area contributed by atoms with Crippen molar-refractivity contribution >= 4 is 11.8 Å². The van der Waals surface area contributed by atoms with Crippen LogP contribution < -0.4 is 4.74 Å². The first kappa shape index (κ1) is 17.3. The Morgan fingerprint density at radius 1 is 1.12 bits per heavy atom. The molecule has 0 saturated carbocycles.